The first-order chi connectivity index (χ1) is 23.9. The molecule has 6 rings (SSSR count). The number of nitrogens with one attached hydrogen (secondary N) is 3. The van der Waals surface area contributed by atoms with Crippen molar-refractivity contribution in [2.45, 2.75) is 38.6 Å². The molecule has 1 aliphatic carbocycles. The van der Waals surface area contributed by atoms with Gasteiger partial charge in [-0.1, -0.05) is 24.3 Å². The topological polar surface area (TPSA) is 184 Å². The molecule has 5 aromatic rings. The molecule has 3 amide bonds. The van der Waals surface area contributed by atoms with Crippen LogP contribution in [0.1, 0.15) is 88.3 Å². The van der Waals surface area contributed by atoms with E-state index in [1.165, 1.54) is 31.5 Å². The molecular formula is C35H30F2N6O7. The summed E-state index contributed by atoms with van der Waals surface area (Å²) in [6, 6.07) is 13.3. The average Bonchev–Trinajstić information content (AvgIpc) is 3.73. The van der Waals surface area contributed by atoms with E-state index in [0.717, 1.165) is 27.8 Å². The maximum Gasteiger partial charge on any atom is 0.335 e. The molecule has 0 radical (unpaired) electrons. The molecule has 0 saturated carbocycles. The summed E-state index contributed by atoms with van der Waals surface area (Å²) in [5.74, 6) is -5.25. The second kappa shape index (κ2) is 13.8. The minimum atomic E-state index is -1.15. The number of carboxylic acids is 1. The number of amides is 3. The van der Waals surface area contributed by atoms with Crippen molar-refractivity contribution < 1.29 is 42.9 Å². The van der Waals surface area contributed by atoms with E-state index >= 15 is 0 Å². The van der Waals surface area contributed by atoms with Gasteiger partial charge in [-0.05, 0) is 72.4 Å². The quantitative estimate of drug-likeness (QED) is 0.134. The number of benzene rings is 3. The van der Waals surface area contributed by atoms with Gasteiger partial charge >= 0.3 is 5.97 Å². The zero-order valence-electron chi connectivity index (χ0n) is 26.7. The van der Waals surface area contributed by atoms with E-state index in [1.54, 1.807) is 37.3 Å². The summed E-state index contributed by atoms with van der Waals surface area (Å²) < 4.78 is 33.2. The third-order valence-corrected chi connectivity index (χ3v) is 8.52. The van der Waals surface area contributed by atoms with Crippen LogP contribution in [0.4, 0.5) is 14.5 Å². The largest absolute Gasteiger partial charge is 0.478 e. The molecule has 2 atom stereocenters. The molecule has 0 saturated heterocycles. The van der Waals surface area contributed by atoms with E-state index in [0.29, 0.717) is 29.7 Å². The second-order valence-corrected chi connectivity index (χ2v) is 11.6. The van der Waals surface area contributed by atoms with Crippen LogP contribution in [-0.2, 0) is 17.7 Å². The Balaban J connectivity index is 1.32. The number of halogens is 2. The van der Waals surface area contributed by atoms with E-state index in [-0.39, 0.29) is 40.3 Å². The van der Waals surface area contributed by atoms with Crippen molar-refractivity contribution in [3.8, 4) is 0 Å². The first kappa shape index (κ1) is 33.8. The lowest BCUT2D eigenvalue weighted by Crippen LogP contribution is -2.31. The second-order valence-electron chi connectivity index (χ2n) is 11.6. The lowest BCUT2D eigenvalue weighted by Gasteiger charge is -2.16. The molecular weight excluding hydrogens is 654 g/mol. The van der Waals surface area contributed by atoms with Gasteiger partial charge in [-0.2, -0.15) is 5.10 Å². The number of carbonyl (C=O) groups is 4. The Hall–Kier alpha value is -6.06. The zero-order valence-corrected chi connectivity index (χ0v) is 26.7. The van der Waals surface area contributed by atoms with E-state index in [4.69, 9.17) is 4.74 Å². The Labute approximate surface area is 282 Å². The Morgan fingerprint density at radius 2 is 1.74 bits per heavy atom. The molecule has 1 aliphatic rings. The number of ether oxygens (including phenoxy) is 1. The van der Waals surface area contributed by atoms with Crippen LogP contribution in [-0.4, -0.2) is 55.6 Å². The Morgan fingerprint density at radius 1 is 0.980 bits per heavy atom. The van der Waals surface area contributed by atoms with Crippen molar-refractivity contribution in [3.05, 3.63) is 129 Å². The average molecular weight is 685 g/mol. The van der Waals surface area contributed by atoms with Gasteiger partial charge in [-0.25, -0.2) is 23.1 Å². The van der Waals surface area contributed by atoms with Gasteiger partial charge in [0.2, 0.25) is 0 Å². The number of aromatic nitrogens is 3. The fourth-order valence-electron chi connectivity index (χ4n) is 5.88. The first-order valence-electron chi connectivity index (χ1n) is 15.3. The minimum absolute atomic E-state index is 0.0710. The molecule has 1 unspecified atom stereocenters. The molecule has 50 heavy (non-hydrogen) atoms. The van der Waals surface area contributed by atoms with Crippen LogP contribution < -0.4 is 16.0 Å². The highest BCUT2D eigenvalue weighted by Crippen LogP contribution is 2.35. The molecule has 0 bridgehead atoms. The van der Waals surface area contributed by atoms with Crippen LogP contribution in [0.3, 0.4) is 0 Å². The highest BCUT2D eigenvalue weighted by molar-refractivity contribution is 6.09. The van der Waals surface area contributed by atoms with Crippen molar-refractivity contribution in [2.24, 2.45) is 0 Å². The van der Waals surface area contributed by atoms with E-state index in [1.807, 2.05) is 0 Å². The van der Waals surface area contributed by atoms with Crippen molar-refractivity contribution >= 4 is 35.0 Å². The summed E-state index contributed by atoms with van der Waals surface area (Å²) in [6.45, 7) is 1.53. The Morgan fingerprint density at radius 3 is 2.44 bits per heavy atom. The third kappa shape index (κ3) is 6.63. The minimum Gasteiger partial charge on any atom is -0.478 e. The molecule has 2 aromatic heterocycles. The van der Waals surface area contributed by atoms with Gasteiger partial charge in [-0.3, -0.25) is 14.4 Å². The lowest BCUT2D eigenvalue weighted by atomic mass is 9.98. The third-order valence-electron chi connectivity index (χ3n) is 8.52. The van der Waals surface area contributed by atoms with Gasteiger partial charge in [0.15, 0.2) is 23.6 Å². The number of fused-ring (bicyclic) bond motifs is 2. The van der Waals surface area contributed by atoms with Crippen molar-refractivity contribution in [3.63, 3.8) is 0 Å². The monoisotopic (exact) mass is 684 g/mol. The van der Waals surface area contributed by atoms with E-state index in [2.05, 4.69) is 26.0 Å². The van der Waals surface area contributed by atoms with Gasteiger partial charge in [-0.15, -0.1) is 0 Å². The number of aliphatic hydroxyl groups is 1. The van der Waals surface area contributed by atoms with Crippen LogP contribution >= 0.6 is 0 Å². The standard InChI is InChI=1S/C35H30F2N6O7/c1-17-21-10-12-27(23(21)9-8-22(17)34(47)48)42-33(46)29-14-28(32(45)38-15-18-3-11-25(36)26(37)13-18)41-30-24(16-39-43(29)30)31(44)40-20-6-4-19(5-7-20)35(49)50-2/h3-9,11,13-14,16,27,35,49H,10,12,15H2,1-2H3,(H,38,45)(H,40,44)(H,42,46)(H,47,48)/t27-,35?/m1/s1. The van der Waals surface area contributed by atoms with Crippen LogP contribution in [0.2, 0.25) is 0 Å². The number of rotatable bonds is 10. The maximum absolute atomic E-state index is 13.9. The zero-order chi connectivity index (χ0) is 35.7. The van der Waals surface area contributed by atoms with Crippen LogP contribution in [0.15, 0.2) is 66.9 Å². The summed E-state index contributed by atoms with van der Waals surface area (Å²) in [6.07, 6.45) is 1.08. The number of carbonyl (C=O) groups excluding carboxylic acids is 3. The summed E-state index contributed by atoms with van der Waals surface area (Å²) >= 11 is 0. The summed E-state index contributed by atoms with van der Waals surface area (Å²) in [5.41, 5.74) is 2.90. The normalized spacial score (nSPS) is 14.2. The van der Waals surface area contributed by atoms with Gasteiger partial charge in [0.05, 0.1) is 17.8 Å². The van der Waals surface area contributed by atoms with Crippen molar-refractivity contribution in [1.82, 2.24) is 25.2 Å². The molecule has 3 aromatic carbocycles. The van der Waals surface area contributed by atoms with Crippen molar-refractivity contribution in [1.29, 1.82) is 0 Å². The maximum atomic E-state index is 13.9. The predicted octanol–water partition coefficient (Wildman–Crippen LogP) is 4.25. The number of carboxylic acid groups (broad SMARTS) is 1. The predicted molar refractivity (Wildman–Crippen MR) is 174 cm³/mol. The Bertz CT molecular complexity index is 2170. The fraction of sp³-hybridized carbons (Fsp3) is 0.200. The molecule has 0 aliphatic heterocycles. The van der Waals surface area contributed by atoms with Crippen LogP contribution in [0.25, 0.3) is 5.65 Å². The molecule has 13 nitrogen and oxygen atoms in total. The first-order valence-corrected chi connectivity index (χ1v) is 15.3. The Kier molecular flexibility index (Phi) is 9.35. The molecule has 256 valence electrons. The van der Waals surface area contributed by atoms with Gasteiger partial charge in [0.25, 0.3) is 17.7 Å². The number of nitrogens with zero attached hydrogens (tertiary/aromatic N) is 3. The van der Waals surface area contributed by atoms with Gasteiger partial charge in [0.1, 0.15) is 17.0 Å². The van der Waals surface area contributed by atoms with Crippen molar-refractivity contribution in [2.75, 3.05) is 12.4 Å². The molecule has 15 heteroatoms. The lowest BCUT2D eigenvalue weighted by molar-refractivity contribution is -0.0769. The highest BCUT2D eigenvalue weighted by atomic mass is 19.2. The number of aliphatic hydroxyl groups excluding tert-OH is 1. The number of hydrogen-bond acceptors (Lipinski definition) is 8. The molecule has 5 N–H and O–H groups in total. The van der Waals surface area contributed by atoms with Gasteiger partial charge in [0, 0.05) is 31.0 Å². The number of methoxy groups -OCH3 is 1. The fourth-order valence-corrected chi connectivity index (χ4v) is 5.88. The number of aromatic carboxylic acids is 1. The molecule has 2 heterocycles. The van der Waals surface area contributed by atoms with E-state index < -0.39 is 47.7 Å². The smallest absolute Gasteiger partial charge is 0.335 e. The number of anilines is 1. The van der Waals surface area contributed by atoms with E-state index in [9.17, 15) is 38.2 Å². The summed E-state index contributed by atoms with van der Waals surface area (Å²) in [4.78, 5) is 56.6. The van der Waals surface area contributed by atoms with Crippen LogP contribution in [0.5, 0.6) is 0 Å². The van der Waals surface area contributed by atoms with Crippen LogP contribution in [0, 0.1) is 18.6 Å². The summed E-state index contributed by atoms with van der Waals surface area (Å²) in [7, 11) is 1.34. The highest BCUT2D eigenvalue weighted by Gasteiger charge is 2.30. The molecule has 0 spiro atoms. The molecule has 0 fully saturated rings. The number of hydrogen-bond donors (Lipinski definition) is 5. The SMILES string of the molecule is COC(O)c1ccc(NC(=O)c2cnn3c(C(=O)N[C@@H]4CCc5c4ccc(C(=O)O)c5C)cc(C(=O)NCc4ccc(F)c(F)c4)nc23)cc1. The summed E-state index contributed by atoms with van der Waals surface area (Å²) in [5, 5.41) is 31.8. The van der Waals surface area contributed by atoms with Gasteiger partial charge < -0.3 is 30.9 Å².